The number of hydrogen-bond donors (Lipinski definition) is 2. The van der Waals surface area contributed by atoms with Gasteiger partial charge in [-0.1, -0.05) is 0 Å². The minimum Gasteiger partial charge on any atom is -0.497 e. The molecule has 8 heteroatoms. The van der Waals surface area contributed by atoms with Crippen molar-refractivity contribution in [1.29, 1.82) is 0 Å². The lowest BCUT2D eigenvalue weighted by atomic mass is 10.1. The Hall–Kier alpha value is -2.74. The lowest BCUT2D eigenvalue weighted by Crippen LogP contribution is -3.12. The van der Waals surface area contributed by atoms with Crippen molar-refractivity contribution in [2.75, 3.05) is 26.6 Å². The van der Waals surface area contributed by atoms with Gasteiger partial charge in [-0.15, -0.1) is 0 Å². The van der Waals surface area contributed by atoms with Gasteiger partial charge in [-0.3, -0.25) is 4.79 Å². The van der Waals surface area contributed by atoms with E-state index in [1.807, 2.05) is 19.2 Å². The molecule has 0 heterocycles. The van der Waals surface area contributed by atoms with Gasteiger partial charge in [-0.05, 0) is 43.3 Å². The summed E-state index contributed by atoms with van der Waals surface area (Å²) in [5.41, 5.74) is 0.475. The van der Waals surface area contributed by atoms with Crippen LogP contribution in [0.2, 0.25) is 0 Å². The highest BCUT2D eigenvalue weighted by molar-refractivity contribution is 5.93. The number of carbonyl (C=O) groups is 1. The summed E-state index contributed by atoms with van der Waals surface area (Å²) in [6.07, 6.45) is -4.41. The summed E-state index contributed by atoms with van der Waals surface area (Å²) in [5, 5.41) is 2.66. The molecule has 2 aromatic rings. The maximum absolute atomic E-state index is 12.6. The molecule has 2 N–H and O–H groups in total. The Kier molecular flexibility index (Phi) is 6.90. The van der Waals surface area contributed by atoms with E-state index >= 15 is 0 Å². The molecule has 0 aliphatic heterocycles. The number of ether oxygens (including phenoxy) is 2. The number of quaternary nitrogens is 1. The molecule has 0 bridgehead atoms. The number of hydrogen-bond acceptors (Lipinski definition) is 3. The third-order valence-corrected chi connectivity index (χ3v) is 4.58. The van der Waals surface area contributed by atoms with Crippen molar-refractivity contribution in [2.24, 2.45) is 0 Å². The summed E-state index contributed by atoms with van der Waals surface area (Å²) in [4.78, 5) is 13.4. The average Bonchev–Trinajstić information content (AvgIpc) is 2.67. The zero-order chi connectivity index (χ0) is 20.9. The summed E-state index contributed by atoms with van der Waals surface area (Å²) in [6.45, 7) is 2.28. The Labute approximate surface area is 162 Å². The summed E-state index contributed by atoms with van der Waals surface area (Å²) < 4.78 is 48.4. The van der Waals surface area contributed by atoms with Crippen molar-refractivity contribution in [3.05, 3.63) is 53.6 Å². The van der Waals surface area contributed by atoms with Crippen LogP contribution in [0.1, 0.15) is 18.1 Å². The van der Waals surface area contributed by atoms with E-state index in [0.717, 1.165) is 22.6 Å². The van der Waals surface area contributed by atoms with Crippen LogP contribution in [0.3, 0.4) is 0 Å². The highest BCUT2D eigenvalue weighted by Crippen LogP contribution is 2.29. The van der Waals surface area contributed by atoms with Gasteiger partial charge in [0.1, 0.15) is 18.0 Å². The van der Waals surface area contributed by atoms with Crippen molar-refractivity contribution in [1.82, 2.24) is 0 Å². The Morgan fingerprint density at radius 1 is 1.11 bits per heavy atom. The Morgan fingerprint density at radius 2 is 1.75 bits per heavy atom. The second-order valence-electron chi connectivity index (χ2n) is 6.49. The van der Waals surface area contributed by atoms with E-state index in [2.05, 4.69) is 5.32 Å². The Balaban J connectivity index is 2.02. The first kappa shape index (κ1) is 21.6. The Bertz CT molecular complexity index is 807. The number of carbonyl (C=O) groups excluding carboxylic acids is 1. The van der Waals surface area contributed by atoms with Crippen molar-refractivity contribution in [3.8, 4) is 11.5 Å². The first-order chi connectivity index (χ1) is 13.2. The smallest absolute Gasteiger partial charge is 0.416 e. The van der Waals surface area contributed by atoms with Crippen LogP contribution in [0, 0.1) is 0 Å². The van der Waals surface area contributed by atoms with Crippen LogP contribution in [0.15, 0.2) is 42.5 Å². The third kappa shape index (κ3) is 5.39. The van der Waals surface area contributed by atoms with E-state index in [1.165, 1.54) is 12.1 Å². The first-order valence-electron chi connectivity index (χ1n) is 8.67. The molecule has 2 aromatic carbocycles. The molecule has 0 saturated carbocycles. The molecule has 0 saturated heterocycles. The molecule has 0 aliphatic rings. The molecule has 2 atom stereocenters. The summed E-state index contributed by atoms with van der Waals surface area (Å²) >= 11 is 0. The van der Waals surface area contributed by atoms with Gasteiger partial charge in [0.15, 0.2) is 6.04 Å². The van der Waals surface area contributed by atoms with E-state index in [9.17, 15) is 18.0 Å². The lowest BCUT2D eigenvalue weighted by molar-refractivity contribution is -0.907. The molecule has 2 rings (SSSR count). The highest BCUT2D eigenvalue weighted by Gasteiger charge is 2.30. The fourth-order valence-corrected chi connectivity index (χ4v) is 2.67. The molecular formula is C20H24F3N2O3+. The lowest BCUT2D eigenvalue weighted by Gasteiger charge is -2.22. The van der Waals surface area contributed by atoms with Gasteiger partial charge in [-0.25, -0.2) is 0 Å². The van der Waals surface area contributed by atoms with Gasteiger partial charge >= 0.3 is 6.18 Å². The Morgan fingerprint density at radius 3 is 2.29 bits per heavy atom. The van der Waals surface area contributed by atoms with Crippen LogP contribution in [0.5, 0.6) is 11.5 Å². The van der Waals surface area contributed by atoms with Gasteiger partial charge in [-0.2, -0.15) is 13.2 Å². The highest BCUT2D eigenvalue weighted by atomic mass is 19.4. The summed E-state index contributed by atoms with van der Waals surface area (Å²) in [6, 6.07) is 9.41. The van der Waals surface area contributed by atoms with Crippen LogP contribution in [-0.4, -0.2) is 33.2 Å². The first-order valence-corrected chi connectivity index (χ1v) is 8.67. The molecule has 0 radical (unpaired) electrons. The minimum absolute atomic E-state index is 0.287. The number of benzene rings is 2. The summed E-state index contributed by atoms with van der Waals surface area (Å²) in [5.74, 6) is 1.05. The quantitative estimate of drug-likeness (QED) is 0.756. The predicted molar refractivity (Wildman–Crippen MR) is 99.7 cm³/mol. The molecule has 0 aromatic heterocycles. The van der Waals surface area contributed by atoms with Crippen LogP contribution in [0.25, 0.3) is 0 Å². The zero-order valence-electron chi connectivity index (χ0n) is 16.2. The monoisotopic (exact) mass is 397 g/mol. The van der Waals surface area contributed by atoms with E-state index in [1.54, 1.807) is 27.2 Å². The summed E-state index contributed by atoms with van der Waals surface area (Å²) in [7, 11) is 4.99. The van der Waals surface area contributed by atoms with E-state index < -0.39 is 17.8 Å². The number of amides is 1. The number of alkyl halides is 3. The maximum Gasteiger partial charge on any atom is 0.416 e. The molecule has 0 spiro atoms. The van der Waals surface area contributed by atoms with Gasteiger partial charge in [0.2, 0.25) is 0 Å². The fourth-order valence-electron chi connectivity index (χ4n) is 2.67. The minimum atomic E-state index is -4.41. The van der Waals surface area contributed by atoms with Crippen molar-refractivity contribution >= 4 is 11.6 Å². The van der Waals surface area contributed by atoms with Crippen molar-refractivity contribution in [3.63, 3.8) is 0 Å². The SMILES string of the molecule is COc1ccc(C[NH+](C)[C@@H](C)C(=O)Nc2ccc(C(F)(F)F)cc2)c(OC)c1. The van der Waals surface area contributed by atoms with E-state index in [-0.39, 0.29) is 5.91 Å². The van der Waals surface area contributed by atoms with Gasteiger partial charge < -0.3 is 19.7 Å². The second kappa shape index (κ2) is 8.97. The molecule has 28 heavy (non-hydrogen) atoms. The van der Waals surface area contributed by atoms with E-state index in [4.69, 9.17) is 9.47 Å². The van der Waals surface area contributed by atoms with Gasteiger partial charge in [0, 0.05) is 17.3 Å². The van der Waals surface area contributed by atoms with Crippen LogP contribution in [-0.2, 0) is 17.5 Å². The maximum atomic E-state index is 12.6. The van der Waals surface area contributed by atoms with Gasteiger partial charge in [0.25, 0.3) is 5.91 Å². The zero-order valence-corrected chi connectivity index (χ0v) is 16.2. The number of rotatable bonds is 7. The fraction of sp³-hybridized carbons (Fsp3) is 0.350. The second-order valence-corrected chi connectivity index (χ2v) is 6.49. The number of nitrogens with one attached hydrogen (secondary N) is 2. The standard InChI is InChI=1S/C20H23F3N2O3/c1-13(19(26)24-16-8-6-15(7-9-16)20(21,22)23)25(2)12-14-5-10-17(27-3)11-18(14)28-4/h5-11,13H,12H2,1-4H3,(H,24,26)/p+1/t13-/m0/s1. The van der Waals surface area contributed by atoms with Crippen molar-refractivity contribution in [2.45, 2.75) is 25.7 Å². The third-order valence-electron chi connectivity index (χ3n) is 4.58. The van der Waals surface area contributed by atoms with Crippen LogP contribution in [0.4, 0.5) is 18.9 Å². The van der Waals surface area contributed by atoms with E-state index in [0.29, 0.717) is 23.7 Å². The molecule has 0 aliphatic carbocycles. The van der Waals surface area contributed by atoms with Crippen LogP contribution < -0.4 is 19.7 Å². The molecular weight excluding hydrogens is 373 g/mol. The largest absolute Gasteiger partial charge is 0.497 e. The topological polar surface area (TPSA) is 52.0 Å². The average molecular weight is 397 g/mol. The normalized spacial score (nSPS) is 13.5. The molecule has 5 nitrogen and oxygen atoms in total. The number of likely N-dealkylation sites (N-methyl/N-ethyl adjacent to an activating group) is 1. The molecule has 152 valence electrons. The molecule has 1 unspecified atom stereocenters. The molecule has 0 fully saturated rings. The predicted octanol–water partition coefficient (Wildman–Crippen LogP) is 2.76. The van der Waals surface area contributed by atoms with Gasteiger partial charge in [0.05, 0.1) is 26.8 Å². The number of halogens is 3. The van der Waals surface area contributed by atoms with Crippen molar-refractivity contribution < 1.29 is 32.3 Å². The van der Waals surface area contributed by atoms with Crippen LogP contribution >= 0.6 is 0 Å². The number of anilines is 1. The number of methoxy groups -OCH3 is 2. The molecule has 1 amide bonds.